The van der Waals surface area contributed by atoms with E-state index >= 15 is 0 Å². The zero-order valence-corrected chi connectivity index (χ0v) is 20.5. The van der Waals surface area contributed by atoms with Crippen molar-refractivity contribution in [2.75, 3.05) is 30.4 Å². The first kappa shape index (κ1) is 23.8. The van der Waals surface area contributed by atoms with E-state index in [0.717, 1.165) is 52.1 Å². The first-order valence-corrected chi connectivity index (χ1v) is 11.9. The molecule has 0 spiro atoms. The van der Waals surface area contributed by atoms with Gasteiger partial charge in [0.2, 0.25) is 0 Å². The van der Waals surface area contributed by atoms with E-state index in [4.69, 9.17) is 9.72 Å². The third kappa shape index (κ3) is 4.50. The molecule has 1 aliphatic heterocycles. The molecule has 1 fully saturated rings. The molecule has 6 nitrogen and oxygen atoms in total. The van der Waals surface area contributed by atoms with Gasteiger partial charge in [-0.2, -0.15) is 0 Å². The van der Waals surface area contributed by atoms with Crippen LogP contribution in [0.4, 0.5) is 15.9 Å². The van der Waals surface area contributed by atoms with Crippen LogP contribution in [0.1, 0.15) is 34.5 Å². The van der Waals surface area contributed by atoms with Crippen molar-refractivity contribution < 1.29 is 19.0 Å². The van der Waals surface area contributed by atoms with Gasteiger partial charge in [-0.25, -0.2) is 14.2 Å². The Kier molecular flexibility index (Phi) is 6.33. The Morgan fingerprint density at radius 3 is 2.56 bits per heavy atom. The number of aromatic nitrogens is 1. The molecule has 36 heavy (non-hydrogen) atoms. The van der Waals surface area contributed by atoms with Crippen molar-refractivity contribution in [3.8, 4) is 11.1 Å². The zero-order chi connectivity index (χ0) is 25.4. The van der Waals surface area contributed by atoms with Gasteiger partial charge in [0.25, 0.3) is 0 Å². The smallest absolute Gasteiger partial charge is 0.337 e. The fourth-order valence-electron chi connectivity index (χ4n) is 4.75. The standard InChI is InChI=1S/C29H28FN3O3/c1-17-12-23(18(2)31-26-7-5-4-6-22(26)29(34)35)25-14-24(19-8-10-20(30)11-9-19)28(32-27(25)13-17)33-15-21(16-33)36-3/h4-14,18,21,31H,15-16H2,1-3H3,(H,34,35). The number of fused-ring (bicyclic) bond motifs is 1. The van der Waals surface area contributed by atoms with Gasteiger partial charge < -0.3 is 20.1 Å². The van der Waals surface area contributed by atoms with Gasteiger partial charge in [0.05, 0.1) is 17.2 Å². The number of ether oxygens (including phenoxy) is 1. The fourth-order valence-corrected chi connectivity index (χ4v) is 4.75. The highest BCUT2D eigenvalue weighted by Gasteiger charge is 2.30. The number of carboxylic acids is 1. The molecular formula is C29H28FN3O3. The van der Waals surface area contributed by atoms with E-state index in [1.165, 1.54) is 12.1 Å². The number of carboxylic acid groups (broad SMARTS) is 1. The van der Waals surface area contributed by atoms with Crippen LogP contribution in [0.2, 0.25) is 0 Å². The summed E-state index contributed by atoms with van der Waals surface area (Å²) in [6.07, 6.45) is 0.162. The van der Waals surface area contributed by atoms with Crippen molar-refractivity contribution in [2.24, 2.45) is 0 Å². The van der Waals surface area contributed by atoms with Crippen LogP contribution in [0, 0.1) is 12.7 Å². The lowest BCUT2D eigenvalue weighted by atomic mass is 9.95. The maximum atomic E-state index is 13.7. The molecule has 2 heterocycles. The van der Waals surface area contributed by atoms with Gasteiger partial charge in [0.15, 0.2) is 0 Å². The highest BCUT2D eigenvalue weighted by molar-refractivity contribution is 5.95. The molecule has 0 saturated carbocycles. The maximum Gasteiger partial charge on any atom is 0.337 e. The Morgan fingerprint density at radius 2 is 1.86 bits per heavy atom. The van der Waals surface area contributed by atoms with Gasteiger partial charge in [-0.1, -0.05) is 30.3 Å². The summed E-state index contributed by atoms with van der Waals surface area (Å²) in [5.74, 6) is -0.423. The lowest BCUT2D eigenvalue weighted by Crippen LogP contribution is -2.52. The number of aromatic carboxylic acids is 1. The molecule has 3 aromatic carbocycles. The van der Waals surface area contributed by atoms with E-state index in [1.54, 1.807) is 37.4 Å². The van der Waals surface area contributed by atoms with E-state index in [1.807, 2.05) is 19.9 Å². The van der Waals surface area contributed by atoms with E-state index in [-0.39, 0.29) is 23.5 Å². The quantitative estimate of drug-likeness (QED) is 0.332. The second-order valence-electron chi connectivity index (χ2n) is 9.27. The molecule has 0 amide bonds. The summed E-state index contributed by atoms with van der Waals surface area (Å²) in [5, 5.41) is 13.9. The number of rotatable bonds is 7. The van der Waals surface area contributed by atoms with Crippen molar-refractivity contribution in [3.05, 3.63) is 89.2 Å². The molecule has 184 valence electrons. The maximum absolute atomic E-state index is 13.7. The van der Waals surface area contributed by atoms with Gasteiger partial charge in [0, 0.05) is 42.9 Å². The molecule has 5 rings (SSSR count). The number of aryl methyl sites for hydroxylation is 1. The minimum absolute atomic E-state index is 0.162. The van der Waals surface area contributed by atoms with Gasteiger partial charge in [0.1, 0.15) is 11.6 Å². The van der Waals surface area contributed by atoms with Gasteiger partial charge >= 0.3 is 5.97 Å². The molecule has 4 aromatic rings. The van der Waals surface area contributed by atoms with Gasteiger partial charge in [-0.05, 0) is 66.9 Å². The predicted octanol–water partition coefficient (Wildman–Crippen LogP) is 6.06. The second kappa shape index (κ2) is 9.59. The number of hydrogen-bond acceptors (Lipinski definition) is 5. The van der Waals surface area contributed by atoms with Crippen LogP contribution in [-0.2, 0) is 4.74 Å². The highest BCUT2D eigenvalue weighted by atomic mass is 19.1. The number of para-hydroxylation sites is 1. The van der Waals surface area contributed by atoms with Gasteiger partial charge in [-0.15, -0.1) is 0 Å². The summed E-state index contributed by atoms with van der Waals surface area (Å²) >= 11 is 0. The number of pyridine rings is 1. The minimum atomic E-state index is -0.979. The summed E-state index contributed by atoms with van der Waals surface area (Å²) in [5.41, 5.74) is 5.49. The number of hydrogen-bond donors (Lipinski definition) is 2. The molecule has 0 radical (unpaired) electrons. The van der Waals surface area contributed by atoms with Crippen LogP contribution in [0.15, 0.2) is 66.7 Å². The Labute approximate surface area is 209 Å². The number of carbonyl (C=O) groups is 1. The molecule has 1 aliphatic rings. The van der Waals surface area contributed by atoms with Gasteiger partial charge in [-0.3, -0.25) is 0 Å². The topological polar surface area (TPSA) is 74.7 Å². The summed E-state index contributed by atoms with van der Waals surface area (Å²) in [4.78, 5) is 19.0. The third-order valence-corrected chi connectivity index (χ3v) is 6.72. The largest absolute Gasteiger partial charge is 0.478 e. The Hall–Kier alpha value is -3.97. The van der Waals surface area contributed by atoms with Crippen molar-refractivity contribution in [1.82, 2.24) is 4.98 Å². The molecule has 1 aromatic heterocycles. The number of halogens is 1. The van der Waals surface area contributed by atoms with Crippen LogP contribution in [0.5, 0.6) is 0 Å². The Morgan fingerprint density at radius 1 is 1.14 bits per heavy atom. The van der Waals surface area contributed by atoms with E-state index in [0.29, 0.717) is 5.69 Å². The first-order chi connectivity index (χ1) is 17.3. The van der Waals surface area contributed by atoms with Crippen molar-refractivity contribution in [3.63, 3.8) is 0 Å². The summed E-state index contributed by atoms with van der Waals surface area (Å²) < 4.78 is 19.2. The number of anilines is 2. The van der Waals surface area contributed by atoms with Crippen LogP contribution in [0.25, 0.3) is 22.0 Å². The van der Waals surface area contributed by atoms with E-state index < -0.39 is 5.97 Å². The molecular weight excluding hydrogens is 457 g/mol. The SMILES string of the molecule is COC1CN(c2nc3cc(C)cc(C(C)Nc4ccccc4C(=O)O)c3cc2-c2ccc(F)cc2)C1. The fraction of sp³-hybridized carbons (Fsp3) is 0.241. The first-order valence-electron chi connectivity index (χ1n) is 11.9. The number of nitrogens with one attached hydrogen (secondary N) is 1. The molecule has 1 unspecified atom stereocenters. The normalized spacial score (nSPS) is 14.5. The van der Waals surface area contributed by atoms with E-state index in [2.05, 4.69) is 28.4 Å². The van der Waals surface area contributed by atoms with E-state index in [9.17, 15) is 14.3 Å². The second-order valence-corrected chi connectivity index (χ2v) is 9.27. The zero-order valence-electron chi connectivity index (χ0n) is 20.5. The average molecular weight is 486 g/mol. The number of nitrogens with zero attached hydrogens (tertiary/aromatic N) is 2. The molecule has 7 heteroatoms. The number of methoxy groups -OCH3 is 1. The summed E-state index contributed by atoms with van der Waals surface area (Å²) in [6, 6.07) is 19.4. The number of benzene rings is 3. The highest BCUT2D eigenvalue weighted by Crippen LogP contribution is 2.38. The lowest BCUT2D eigenvalue weighted by molar-refractivity contribution is 0.0697. The molecule has 1 atom stereocenters. The van der Waals surface area contributed by atoms with Crippen LogP contribution in [0.3, 0.4) is 0 Å². The molecule has 1 saturated heterocycles. The lowest BCUT2D eigenvalue weighted by Gasteiger charge is -2.40. The minimum Gasteiger partial charge on any atom is -0.478 e. The molecule has 0 aliphatic carbocycles. The van der Waals surface area contributed by atoms with Crippen molar-refractivity contribution >= 4 is 28.4 Å². The van der Waals surface area contributed by atoms with Crippen molar-refractivity contribution in [2.45, 2.75) is 26.0 Å². The predicted molar refractivity (Wildman–Crippen MR) is 140 cm³/mol. The third-order valence-electron chi connectivity index (χ3n) is 6.72. The summed E-state index contributed by atoms with van der Waals surface area (Å²) in [6.45, 7) is 5.52. The van der Waals surface area contributed by atoms with Crippen LogP contribution >= 0.6 is 0 Å². The summed E-state index contributed by atoms with van der Waals surface area (Å²) in [7, 11) is 1.71. The monoisotopic (exact) mass is 485 g/mol. The molecule has 0 bridgehead atoms. The Bertz CT molecular complexity index is 1430. The Balaban J connectivity index is 1.63. The molecule has 2 N–H and O–H groups in total. The van der Waals surface area contributed by atoms with Crippen LogP contribution < -0.4 is 10.2 Å². The van der Waals surface area contributed by atoms with Crippen LogP contribution in [-0.4, -0.2) is 42.4 Å². The average Bonchev–Trinajstić information content (AvgIpc) is 2.83. The van der Waals surface area contributed by atoms with Crippen molar-refractivity contribution in [1.29, 1.82) is 0 Å².